The number of H-pyrrole nitrogens is 1. The van der Waals surface area contributed by atoms with Crippen molar-refractivity contribution in [3.63, 3.8) is 0 Å². The van der Waals surface area contributed by atoms with Crippen LogP contribution in [0.15, 0.2) is 52.3 Å². The second-order valence-corrected chi connectivity index (χ2v) is 10.2. The SMILES string of the molecule is CCOc1ccc(S(=O)(=O)NC(=O)c2ccccn2)cc1-c1nc2c(CC(C)C)nn(C)c2c(=O)[nH]1. The van der Waals surface area contributed by atoms with Crippen LogP contribution in [0, 0.1) is 5.92 Å². The topological polar surface area (TPSA) is 149 Å². The molecular formula is C24H26N6O5S. The molecule has 3 aromatic heterocycles. The number of pyridine rings is 1. The number of amides is 1. The van der Waals surface area contributed by atoms with Gasteiger partial charge in [0, 0.05) is 13.2 Å². The number of aromatic nitrogens is 5. The number of sulfonamides is 1. The molecule has 36 heavy (non-hydrogen) atoms. The summed E-state index contributed by atoms with van der Waals surface area (Å²) in [6.45, 7) is 6.15. The maximum atomic E-state index is 13.0. The number of hydrogen-bond donors (Lipinski definition) is 2. The van der Waals surface area contributed by atoms with E-state index in [1.165, 1.54) is 35.1 Å². The molecule has 1 aromatic carbocycles. The molecule has 0 aliphatic rings. The number of rotatable bonds is 8. The molecule has 11 nitrogen and oxygen atoms in total. The standard InChI is InChI=1S/C24H26N6O5S/c1-5-35-19-10-9-15(36(33,34)29-23(31)17-8-6-7-11-25-17)13-16(19)22-26-20-18(12-14(2)3)28-30(4)21(20)24(32)27-22/h6-11,13-14H,5,12H2,1-4H3,(H,29,31)(H,26,27,32). The Bertz CT molecular complexity index is 1590. The Hall–Kier alpha value is -4.06. The molecule has 0 radical (unpaired) electrons. The molecule has 0 atom stereocenters. The zero-order chi connectivity index (χ0) is 26.0. The van der Waals surface area contributed by atoms with Crippen LogP contribution in [0.5, 0.6) is 5.75 Å². The monoisotopic (exact) mass is 510 g/mol. The van der Waals surface area contributed by atoms with E-state index in [0.29, 0.717) is 35.5 Å². The predicted octanol–water partition coefficient (Wildman–Crippen LogP) is 2.43. The van der Waals surface area contributed by atoms with E-state index in [1.807, 2.05) is 18.6 Å². The number of nitrogens with one attached hydrogen (secondary N) is 2. The van der Waals surface area contributed by atoms with Crippen LogP contribution in [0.1, 0.15) is 37.0 Å². The lowest BCUT2D eigenvalue weighted by molar-refractivity contribution is 0.0976. The number of nitrogens with zero attached hydrogens (tertiary/aromatic N) is 4. The minimum absolute atomic E-state index is 0.0436. The Morgan fingerprint density at radius 1 is 1.22 bits per heavy atom. The highest BCUT2D eigenvalue weighted by atomic mass is 32.2. The second-order valence-electron chi connectivity index (χ2n) is 8.52. The summed E-state index contributed by atoms with van der Waals surface area (Å²) < 4.78 is 35.2. The van der Waals surface area contributed by atoms with Gasteiger partial charge in [-0.1, -0.05) is 19.9 Å². The summed E-state index contributed by atoms with van der Waals surface area (Å²) in [7, 11) is -2.60. The third-order valence-corrected chi connectivity index (χ3v) is 6.63. The first-order valence-electron chi connectivity index (χ1n) is 11.3. The van der Waals surface area contributed by atoms with E-state index in [-0.39, 0.29) is 27.9 Å². The number of carbonyl (C=O) groups excluding carboxylic acids is 1. The first-order chi connectivity index (χ1) is 17.1. The summed E-state index contributed by atoms with van der Waals surface area (Å²) in [4.78, 5) is 36.4. The van der Waals surface area contributed by atoms with Crippen LogP contribution in [0.2, 0.25) is 0 Å². The van der Waals surface area contributed by atoms with Gasteiger partial charge in [-0.2, -0.15) is 5.10 Å². The smallest absolute Gasteiger partial charge is 0.283 e. The number of carbonyl (C=O) groups is 1. The molecule has 0 saturated carbocycles. The first-order valence-corrected chi connectivity index (χ1v) is 12.8. The number of ether oxygens (including phenoxy) is 1. The van der Waals surface area contributed by atoms with Crippen molar-refractivity contribution in [3.05, 3.63) is 64.3 Å². The van der Waals surface area contributed by atoms with Gasteiger partial charge in [0.25, 0.3) is 21.5 Å². The molecule has 4 rings (SSSR count). The molecule has 0 fully saturated rings. The van der Waals surface area contributed by atoms with E-state index >= 15 is 0 Å². The third-order valence-electron chi connectivity index (χ3n) is 5.31. The summed E-state index contributed by atoms with van der Waals surface area (Å²) in [5, 5.41) is 4.46. The van der Waals surface area contributed by atoms with Gasteiger partial charge in [-0.05, 0) is 49.6 Å². The molecular weight excluding hydrogens is 484 g/mol. The summed E-state index contributed by atoms with van der Waals surface area (Å²) in [5.74, 6) is -0.137. The maximum Gasteiger partial charge on any atom is 0.283 e. The van der Waals surface area contributed by atoms with Crippen molar-refractivity contribution in [3.8, 4) is 17.1 Å². The summed E-state index contributed by atoms with van der Waals surface area (Å²) >= 11 is 0. The van der Waals surface area contributed by atoms with Crippen molar-refractivity contribution in [1.82, 2.24) is 29.5 Å². The van der Waals surface area contributed by atoms with Gasteiger partial charge in [0.1, 0.15) is 22.8 Å². The normalized spacial score (nSPS) is 11.7. The van der Waals surface area contributed by atoms with Crippen LogP contribution in [0.25, 0.3) is 22.4 Å². The van der Waals surface area contributed by atoms with Crippen LogP contribution >= 0.6 is 0 Å². The van der Waals surface area contributed by atoms with Crippen molar-refractivity contribution in [2.24, 2.45) is 13.0 Å². The number of aromatic amines is 1. The zero-order valence-electron chi connectivity index (χ0n) is 20.3. The van der Waals surface area contributed by atoms with Gasteiger partial charge in [0.05, 0.1) is 22.8 Å². The average molecular weight is 511 g/mol. The summed E-state index contributed by atoms with van der Waals surface area (Å²) in [6.07, 6.45) is 2.00. The van der Waals surface area contributed by atoms with Gasteiger partial charge < -0.3 is 9.72 Å². The predicted molar refractivity (Wildman–Crippen MR) is 133 cm³/mol. The lowest BCUT2D eigenvalue weighted by atomic mass is 10.1. The van der Waals surface area contributed by atoms with E-state index in [2.05, 4.69) is 20.1 Å². The van der Waals surface area contributed by atoms with Crippen LogP contribution in [0.3, 0.4) is 0 Å². The number of aryl methyl sites for hydroxylation is 1. The fourth-order valence-electron chi connectivity index (χ4n) is 3.77. The van der Waals surface area contributed by atoms with Crippen molar-refractivity contribution >= 4 is 27.0 Å². The Morgan fingerprint density at radius 2 is 2.00 bits per heavy atom. The quantitative estimate of drug-likeness (QED) is 0.367. The van der Waals surface area contributed by atoms with Crippen LogP contribution in [-0.2, 0) is 23.5 Å². The summed E-state index contributed by atoms with van der Waals surface area (Å²) in [5.41, 5.74) is 1.21. The largest absolute Gasteiger partial charge is 0.493 e. The molecule has 0 unspecified atom stereocenters. The highest BCUT2D eigenvalue weighted by Crippen LogP contribution is 2.31. The molecule has 1 amide bonds. The van der Waals surface area contributed by atoms with Gasteiger partial charge in [0.2, 0.25) is 0 Å². The Morgan fingerprint density at radius 3 is 2.67 bits per heavy atom. The first kappa shape index (κ1) is 25.0. The Balaban J connectivity index is 1.82. The number of hydrogen-bond acceptors (Lipinski definition) is 8. The van der Waals surface area contributed by atoms with Crippen LogP contribution in [0.4, 0.5) is 0 Å². The molecule has 2 N–H and O–H groups in total. The fourth-order valence-corrected chi connectivity index (χ4v) is 4.76. The molecule has 3 heterocycles. The van der Waals surface area contributed by atoms with Gasteiger partial charge in [0.15, 0.2) is 5.52 Å². The molecule has 4 aromatic rings. The minimum atomic E-state index is -4.27. The van der Waals surface area contributed by atoms with Crippen molar-refractivity contribution in [2.75, 3.05) is 6.61 Å². The van der Waals surface area contributed by atoms with Crippen LogP contribution < -0.4 is 15.0 Å². The molecule has 0 saturated heterocycles. The third kappa shape index (κ3) is 4.98. The van der Waals surface area contributed by atoms with Crippen molar-refractivity contribution in [1.29, 1.82) is 0 Å². The molecule has 188 valence electrons. The van der Waals surface area contributed by atoms with E-state index in [9.17, 15) is 18.0 Å². The van der Waals surface area contributed by atoms with E-state index in [4.69, 9.17) is 4.74 Å². The van der Waals surface area contributed by atoms with Crippen LogP contribution in [-0.4, -0.2) is 45.7 Å². The van der Waals surface area contributed by atoms with Gasteiger partial charge in [-0.3, -0.25) is 19.3 Å². The lowest BCUT2D eigenvalue weighted by Crippen LogP contribution is -2.31. The zero-order valence-corrected chi connectivity index (χ0v) is 21.1. The molecule has 12 heteroatoms. The average Bonchev–Trinajstić information content (AvgIpc) is 3.14. The summed E-state index contributed by atoms with van der Waals surface area (Å²) in [6, 6.07) is 8.67. The van der Waals surface area contributed by atoms with Gasteiger partial charge in [-0.15, -0.1) is 0 Å². The van der Waals surface area contributed by atoms with E-state index in [0.717, 1.165) is 0 Å². The molecule has 0 aliphatic heterocycles. The Kier molecular flexibility index (Phi) is 6.88. The van der Waals surface area contributed by atoms with Crippen molar-refractivity contribution in [2.45, 2.75) is 32.1 Å². The second kappa shape index (κ2) is 9.90. The molecule has 0 bridgehead atoms. The molecule has 0 aliphatic carbocycles. The Labute approximate surface area is 207 Å². The van der Waals surface area contributed by atoms with E-state index < -0.39 is 21.5 Å². The number of benzene rings is 1. The molecule has 0 spiro atoms. The lowest BCUT2D eigenvalue weighted by Gasteiger charge is -2.13. The fraction of sp³-hybridized carbons (Fsp3) is 0.292. The minimum Gasteiger partial charge on any atom is -0.493 e. The van der Waals surface area contributed by atoms with Gasteiger partial charge >= 0.3 is 0 Å². The van der Waals surface area contributed by atoms with Crippen molar-refractivity contribution < 1.29 is 17.9 Å². The highest BCUT2D eigenvalue weighted by Gasteiger charge is 2.23. The highest BCUT2D eigenvalue weighted by molar-refractivity contribution is 7.90. The maximum absolute atomic E-state index is 13.0. The van der Waals surface area contributed by atoms with Gasteiger partial charge in [-0.25, -0.2) is 18.1 Å². The van der Waals surface area contributed by atoms with E-state index in [1.54, 1.807) is 26.1 Å². The number of fused-ring (bicyclic) bond motifs is 1.